The summed E-state index contributed by atoms with van der Waals surface area (Å²) in [4.78, 5) is 0. The quantitative estimate of drug-likeness (QED) is 0.755. The predicted molar refractivity (Wildman–Crippen MR) is 77.8 cm³/mol. The number of rotatable bonds is 7. The van der Waals surface area contributed by atoms with E-state index in [0.29, 0.717) is 5.41 Å². The molecule has 1 rings (SSSR count). The molecule has 0 aliphatic carbocycles. The monoisotopic (exact) mass is 251 g/mol. The maximum atomic E-state index is 4.42. The standard InChI is InChI=1S/C15H29N3/c1-12(2)11-16-8-7-15(4,5)10-14-9-13(3)17-18(14)6/h9,12,16H,7-8,10-11H2,1-6H3. The van der Waals surface area contributed by atoms with E-state index in [-0.39, 0.29) is 0 Å². The zero-order valence-electron chi connectivity index (χ0n) is 12.9. The molecular formula is C15H29N3. The van der Waals surface area contributed by atoms with Crippen molar-refractivity contribution in [3.63, 3.8) is 0 Å². The molecule has 0 aliphatic heterocycles. The van der Waals surface area contributed by atoms with Crippen LogP contribution in [0.5, 0.6) is 0 Å². The third kappa shape index (κ3) is 5.21. The van der Waals surface area contributed by atoms with Gasteiger partial charge in [-0.05, 0) is 50.3 Å². The number of hydrogen-bond acceptors (Lipinski definition) is 2. The van der Waals surface area contributed by atoms with Gasteiger partial charge in [-0.15, -0.1) is 0 Å². The fraction of sp³-hybridized carbons (Fsp3) is 0.800. The van der Waals surface area contributed by atoms with E-state index in [0.717, 1.165) is 31.1 Å². The van der Waals surface area contributed by atoms with Crippen LogP contribution in [0.15, 0.2) is 6.07 Å². The highest BCUT2D eigenvalue weighted by molar-refractivity contribution is 5.10. The van der Waals surface area contributed by atoms with E-state index < -0.39 is 0 Å². The van der Waals surface area contributed by atoms with Gasteiger partial charge in [-0.25, -0.2) is 0 Å². The third-order valence-corrected chi connectivity index (χ3v) is 3.29. The van der Waals surface area contributed by atoms with Gasteiger partial charge in [-0.2, -0.15) is 5.10 Å². The van der Waals surface area contributed by atoms with E-state index in [9.17, 15) is 0 Å². The lowest BCUT2D eigenvalue weighted by Gasteiger charge is -2.25. The van der Waals surface area contributed by atoms with Crippen molar-refractivity contribution in [3.05, 3.63) is 17.5 Å². The topological polar surface area (TPSA) is 29.9 Å². The zero-order chi connectivity index (χ0) is 13.8. The molecule has 0 aromatic carbocycles. The van der Waals surface area contributed by atoms with Gasteiger partial charge in [-0.1, -0.05) is 27.7 Å². The Kier molecular flexibility index (Phi) is 5.39. The van der Waals surface area contributed by atoms with E-state index in [4.69, 9.17) is 0 Å². The first-order chi connectivity index (χ1) is 8.30. The lowest BCUT2D eigenvalue weighted by atomic mass is 9.84. The molecule has 0 saturated heterocycles. The van der Waals surface area contributed by atoms with Crippen LogP contribution in [-0.2, 0) is 13.5 Å². The summed E-state index contributed by atoms with van der Waals surface area (Å²) >= 11 is 0. The van der Waals surface area contributed by atoms with Gasteiger partial charge in [0.15, 0.2) is 0 Å². The van der Waals surface area contributed by atoms with Crippen LogP contribution in [0.3, 0.4) is 0 Å². The zero-order valence-corrected chi connectivity index (χ0v) is 12.9. The second kappa shape index (κ2) is 6.37. The molecule has 0 spiro atoms. The molecular weight excluding hydrogens is 222 g/mol. The highest BCUT2D eigenvalue weighted by Gasteiger charge is 2.20. The van der Waals surface area contributed by atoms with Crippen molar-refractivity contribution in [1.29, 1.82) is 0 Å². The molecule has 1 N–H and O–H groups in total. The summed E-state index contributed by atoms with van der Waals surface area (Å²) in [5.74, 6) is 0.729. The van der Waals surface area contributed by atoms with Gasteiger partial charge in [0.05, 0.1) is 5.69 Å². The number of aromatic nitrogens is 2. The molecule has 3 heteroatoms. The summed E-state index contributed by atoms with van der Waals surface area (Å²) in [6.45, 7) is 13.4. The molecule has 1 heterocycles. The molecule has 0 aliphatic rings. The lowest BCUT2D eigenvalue weighted by molar-refractivity contribution is 0.315. The first-order valence-corrected chi connectivity index (χ1v) is 7.00. The fourth-order valence-corrected chi connectivity index (χ4v) is 2.23. The Morgan fingerprint density at radius 2 is 2.06 bits per heavy atom. The van der Waals surface area contributed by atoms with Crippen LogP contribution in [0, 0.1) is 18.3 Å². The summed E-state index contributed by atoms with van der Waals surface area (Å²) in [6, 6.07) is 2.20. The molecule has 1 aromatic heterocycles. The van der Waals surface area contributed by atoms with Crippen molar-refractivity contribution < 1.29 is 0 Å². The smallest absolute Gasteiger partial charge is 0.0596 e. The molecule has 0 unspecified atom stereocenters. The summed E-state index contributed by atoms with van der Waals surface area (Å²) in [7, 11) is 2.04. The Labute approximate surface area is 112 Å². The Morgan fingerprint density at radius 3 is 2.56 bits per heavy atom. The number of aryl methyl sites for hydroxylation is 2. The molecule has 3 nitrogen and oxygen atoms in total. The third-order valence-electron chi connectivity index (χ3n) is 3.29. The molecule has 18 heavy (non-hydrogen) atoms. The average Bonchev–Trinajstić information content (AvgIpc) is 2.51. The first-order valence-electron chi connectivity index (χ1n) is 7.00. The Balaban J connectivity index is 2.41. The molecule has 104 valence electrons. The van der Waals surface area contributed by atoms with Crippen molar-refractivity contribution in [3.8, 4) is 0 Å². The molecule has 0 bridgehead atoms. The van der Waals surface area contributed by atoms with Crippen LogP contribution in [-0.4, -0.2) is 22.9 Å². The van der Waals surface area contributed by atoms with Crippen molar-refractivity contribution in [2.75, 3.05) is 13.1 Å². The normalized spacial score (nSPS) is 12.4. The first kappa shape index (κ1) is 15.2. The Hall–Kier alpha value is -0.830. The van der Waals surface area contributed by atoms with Gasteiger partial charge < -0.3 is 5.32 Å². The van der Waals surface area contributed by atoms with Gasteiger partial charge in [-0.3, -0.25) is 4.68 Å². The van der Waals surface area contributed by atoms with E-state index in [1.807, 2.05) is 11.7 Å². The van der Waals surface area contributed by atoms with Gasteiger partial charge in [0, 0.05) is 12.7 Å². The minimum Gasteiger partial charge on any atom is -0.316 e. The highest BCUT2D eigenvalue weighted by atomic mass is 15.3. The van der Waals surface area contributed by atoms with Gasteiger partial charge in [0.2, 0.25) is 0 Å². The van der Waals surface area contributed by atoms with Crippen LogP contribution >= 0.6 is 0 Å². The second-order valence-electron chi connectivity index (χ2n) is 6.59. The summed E-state index contributed by atoms with van der Waals surface area (Å²) in [6.07, 6.45) is 2.29. The van der Waals surface area contributed by atoms with Crippen molar-refractivity contribution in [2.24, 2.45) is 18.4 Å². The van der Waals surface area contributed by atoms with Crippen molar-refractivity contribution >= 4 is 0 Å². The largest absolute Gasteiger partial charge is 0.316 e. The summed E-state index contributed by atoms with van der Waals surface area (Å²) in [5.41, 5.74) is 2.77. The average molecular weight is 251 g/mol. The molecule has 0 amide bonds. The van der Waals surface area contributed by atoms with Crippen LogP contribution in [0.1, 0.15) is 45.5 Å². The molecule has 1 aromatic rings. The van der Waals surface area contributed by atoms with Crippen molar-refractivity contribution in [2.45, 2.75) is 47.5 Å². The predicted octanol–water partition coefficient (Wildman–Crippen LogP) is 2.93. The summed E-state index contributed by atoms with van der Waals surface area (Å²) < 4.78 is 2.01. The number of nitrogens with one attached hydrogen (secondary N) is 1. The minimum absolute atomic E-state index is 0.324. The van der Waals surface area contributed by atoms with E-state index in [2.05, 4.69) is 51.1 Å². The fourth-order valence-electron chi connectivity index (χ4n) is 2.23. The van der Waals surface area contributed by atoms with E-state index >= 15 is 0 Å². The Morgan fingerprint density at radius 1 is 1.39 bits per heavy atom. The number of nitrogens with zero attached hydrogens (tertiary/aromatic N) is 2. The van der Waals surface area contributed by atoms with Crippen LogP contribution in [0.4, 0.5) is 0 Å². The highest BCUT2D eigenvalue weighted by Crippen LogP contribution is 2.25. The van der Waals surface area contributed by atoms with Crippen LogP contribution < -0.4 is 5.32 Å². The van der Waals surface area contributed by atoms with Crippen LogP contribution in [0.25, 0.3) is 0 Å². The van der Waals surface area contributed by atoms with Gasteiger partial charge in [0.1, 0.15) is 0 Å². The molecule has 0 saturated carbocycles. The van der Waals surface area contributed by atoms with Crippen molar-refractivity contribution in [1.82, 2.24) is 15.1 Å². The van der Waals surface area contributed by atoms with Gasteiger partial charge in [0.25, 0.3) is 0 Å². The second-order valence-corrected chi connectivity index (χ2v) is 6.59. The maximum Gasteiger partial charge on any atom is 0.0596 e. The maximum absolute atomic E-state index is 4.42. The molecule has 0 radical (unpaired) electrons. The summed E-state index contributed by atoms with van der Waals surface area (Å²) in [5, 5.41) is 7.94. The minimum atomic E-state index is 0.324. The number of hydrogen-bond donors (Lipinski definition) is 1. The van der Waals surface area contributed by atoms with E-state index in [1.165, 1.54) is 12.1 Å². The van der Waals surface area contributed by atoms with E-state index in [1.54, 1.807) is 0 Å². The molecule has 0 fully saturated rings. The van der Waals surface area contributed by atoms with Gasteiger partial charge >= 0.3 is 0 Å². The van der Waals surface area contributed by atoms with Crippen LogP contribution in [0.2, 0.25) is 0 Å². The lowest BCUT2D eigenvalue weighted by Crippen LogP contribution is -2.27. The molecule has 0 atom stereocenters. The Bertz CT molecular complexity index is 364. The SMILES string of the molecule is Cc1cc(CC(C)(C)CCNCC(C)C)n(C)n1.